The van der Waals surface area contributed by atoms with Crippen molar-refractivity contribution in [2.75, 3.05) is 6.54 Å². The molecule has 0 aliphatic heterocycles. The maximum Gasteiger partial charge on any atom is 0.416 e. The molecule has 0 aliphatic carbocycles. The van der Waals surface area contributed by atoms with Crippen molar-refractivity contribution in [3.05, 3.63) is 59.4 Å². The molecule has 0 spiro atoms. The molecule has 25 heavy (non-hydrogen) atoms. The molecule has 6 heteroatoms. The Labute approximate surface area is 142 Å². The maximum absolute atomic E-state index is 13.7. The van der Waals surface area contributed by atoms with Crippen LogP contribution in [0, 0.1) is 5.82 Å². The van der Waals surface area contributed by atoms with Crippen LogP contribution in [0.3, 0.4) is 0 Å². The Hall–Kier alpha value is -2.34. The molecule has 0 amide bonds. The zero-order chi connectivity index (χ0) is 18.0. The monoisotopic (exact) mass is 350 g/mol. The number of hydrogen-bond donors (Lipinski definition) is 2. The highest BCUT2D eigenvalue weighted by Crippen LogP contribution is 2.36. The Morgan fingerprint density at radius 3 is 2.52 bits per heavy atom. The van der Waals surface area contributed by atoms with Gasteiger partial charge in [0, 0.05) is 16.6 Å². The van der Waals surface area contributed by atoms with Crippen LogP contribution < -0.4 is 5.73 Å². The van der Waals surface area contributed by atoms with Crippen LogP contribution in [0.25, 0.3) is 22.2 Å². The van der Waals surface area contributed by atoms with Gasteiger partial charge in [-0.15, -0.1) is 0 Å². The molecule has 132 valence electrons. The SMILES string of the molecule is NCCCCc1c(-c2cccc(C(F)(F)F)c2)[nH]c2ccc(F)cc12. The first-order chi connectivity index (χ1) is 11.9. The highest BCUT2D eigenvalue weighted by atomic mass is 19.4. The number of nitrogens with two attached hydrogens (primary N) is 1. The van der Waals surface area contributed by atoms with E-state index in [1.54, 1.807) is 12.1 Å². The molecule has 1 aromatic heterocycles. The number of aromatic amines is 1. The first kappa shape index (κ1) is 17.5. The minimum atomic E-state index is -4.41. The molecule has 3 aromatic rings. The summed E-state index contributed by atoms with van der Waals surface area (Å²) < 4.78 is 52.7. The Kier molecular flexibility index (Phi) is 4.81. The van der Waals surface area contributed by atoms with Gasteiger partial charge in [-0.05, 0) is 67.3 Å². The minimum Gasteiger partial charge on any atom is -0.354 e. The number of H-pyrrole nitrogens is 1. The van der Waals surface area contributed by atoms with Crippen molar-refractivity contribution in [3.63, 3.8) is 0 Å². The van der Waals surface area contributed by atoms with E-state index >= 15 is 0 Å². The first-order valence-corrected chi connectivity index (χ1v) is 8.08. The predicted octanol–water partition coefficient (Wildman–Crippen LogP) is 5.27. The van der Waals surface area contributed by atoms with Crippen LogP contribution in [0.4, 0.5) is 17.6 Å². The van der Waals surface area contributed by atoms with Crippen LogP contribution in [-0.4, -0.2) is 11.5 Å². The summed E-state index contributed by atoms with van der Waals surface area (Å²) in [5.74, 6) is -0.373. The lowest BCUT2D eigenvalue weighted by atomic mass is 9.99. The van der Waals surface area contributed by atoms with E-state index in [0.717, 1.165) is 30.5 Å². The van der Waals surface area contributed by atoms with Gasteiger partial charge >= 0.3 is 6.18 Å². The second-order valence-electron chi connectivity index (χ2n) is 5.99. The Morgan fingerprint density at radius 2 is 1.80 bits per heavy atom. The number of aromatic nitrogens is 1. The van der Waals surface area contributed by atoms with Crippen molar-refractivity contribution in [3.8, 4) is 11.3 Å². The van der Waals surface area contributed by atoms with Gasteiger partial charge in [0.2, 0.25) is 0 Å². The summed E-state index contributed by atoms with van der Waals surface area (Å²) in [5.41, 5.74) is 7.39. The van der Waals surface area contributed by atoms with Crippen LogP contribution in [0.2, 0.25) is 0 Å². The number of aryl methyl sites for hydroxylation is 1. The van der Waals surface area contributed by atoms with Gasteiger partial charge in [0.1, 0.15) is 5.82 Å². The van der Waals surface area contributed by atoms with E-state index in [0.29, 0.717) is 35.1 Å². The average Bonchev–Trinajstić information content (AvgIpc) is 2.92. The summed E-state index contributed by atoms with van der Waals surface area (Å²) in [5, 5.41) is 0.699. The van der Waals surface area contributed by atoms with Crippen molar-refractivity contribution >= 4 is 10.9 Å². The highest BCUT2D eigenvalue weighted by molar-refractivity contribution is 5.91. The number of fused-ring (bicyclic) bond motifs is 1. The molecule has 0 radical (unpaired) electrons. The summed E-state index contributed by atoms with van der Waals surface area (Å²) in [7, 11) is 0. The molecule has 0 unspecified atom stereocenters. The third-order valence-corrected chi connectivity index (χ3v) is 4.23. The molecule has 0 saturated heterocycles. The molecule has 0 saturated carbocycles. The minimum absolute atomic E-state index is 0.373. The highest BCUT2D eigenvalue weighted by Gasteiger charge is 2.30. The number of benzene rings is 2. The smallest absolute Gasteiger partial charge is 0.354 e. The largest absolute Gasteiger partial charge is 0.416 e. The zero-order valence-corrected chi connectivity index (χ0v) is 13.5. The Balaban J connectivity index is 2.13. The van der Waals surface area contributed by atoms with Crippen molar-refractivity contribution in [2.45, 2.75) is 25.4 Å². The molecule has 0 fully saturated rings. The van der Waals surface area contributed by atoms with E-state index in [4.69, 9.17) is 5.73 Å². The fourth-order valence-corrected chi connectivity index (χ4v) is 3.02. The summed E-state index contributed by atoms with van der Waals surface area (Å²) in [4.78, 5) is 3.15. The molecule has 2 aromatic carbocycles. The second kappa shape index (κ2) is 6.88. The van der Waals surface area contributed by atoms with E-state index < -0.39 is 11.7 Å². The number of nitrogens with one attached hydrogen (secondary N) is 1. The van der Waals surface area contributed by atoms with Gasteiger partial charge in [0.25, 0.3) is 0 Å². The summed E-state index contributed by atoms with van der Waals surface area (Å²) in [6.45, 7) is 0.537. The van der Waals surface area contributed by atoms with Crippen molar-refractivity contribution < 1.29 is 17.6 Å². The molecular formula is C19H18F4N2. The number of halogens is 4. The standard InChI is InChI=1S/C19H18F4N2/c20-14-7-8-17-16(11-14)15(6-1-2-9-24)18(25-17)12-4-3-5-13(10-12)19(21,22)23/h3-5,7-8,10-11,25H,1-2,6,9,24H2. The van der Waals surface area contributed by atoms with Crippen molar-refractivity contribution in [1.29, 1.82) is 0 Å². The molecule has 0 bridgehead atoms. The van der Waals surface area contributed by atoms with Gasteiger partial charge in [-0.3, -0.25) is 0 Å². The lowest BCUT2D eigenvalue weighted by Gasteiger charge is -2.10. The van der Waals surface area contributed by atoms with Crippen molar-refractivity contribution in [1.82, 2.24) is 4.98 Å². The van der Waals surface area contributed by atoms with Gasteiger partial charge in [0.05, 0.1) is 5.56 Å². The Morgan fingerprint density at radius 1 is 1.00 bits per heavy atom. The molecule has 3 rings (SSSR count). The van der Waals surface area contributed by atoms with Gasteiger partial charge in [0.15, 0.2) is 0 Å². The van der Waals surface area contributed by atoms with E-state index in [1.807, 2.05) is 0 Å². The fraction of sp³-hybridized carbons (Fsp3) is 0.263. The van der Waals surface area contributed by atoms with E-state index in [1.165, 1.54) is 18.2 Å². The first-order valence-electron chi connectivity index (χ1n) is 8.08. The summed E-state index contributed by atoms with van der Waals surface area (Å²) >= 11 is 0. The van der Waals surface area contributed by atoms with E-state index in [-0.39, 0.29) is 5.82 Å². The van der Waals surface area contributed by atoms with Gasteiger partial charge in [-0.25, -0.2) is 4.39 Å². The molecular weight excluding hydrogens is 332 g/mol. The predicted molar refractivity (Wildman–Crippen MR) is 90.7 cm³/mol. The molecule has 3 N–H and O–H groups in total. The molecule has 1 heterocycles. The van der Waals surface area contributed by atoms with Gasteiger partial charge in [-0.1, -0.05) is 12.1 Å². The van der Waals surface area contributed by atoms with Crippen LogP contribution in [-0.2, 0) is 12.6 Å². The number of alkyl halides is 3. The van der Waals surface area contributed by atoms with Gasteiger partial charge < -0.3 is 10.7 Å². The van der Waals surface area contributed by atoms with Crippen LogP contribution in [0.5, 0.6) is 0 Å². The number of rotatable bonds is 5. The third-order valence-electron chi connectivity index (χ3n) is 4.23. The molecule has 0 atom stereocenters. The van der Waals surface area contributed by atoms with E-state index in [9.17, 15) is 17.6 Å². The van der Waals surface area contributed by atoms with Crippen LogP contribution in [0.1, 0.15) is 24.0 Å². The maximum atomic E-state index is 13.7. The van der Waals surface area contributed by atoms with E-state index in [2.05, 4.69) is 4.98 Å². The lowest BCUT2D eigenvalue weighted by molar-refractivity contribution is -0.137. The van der Waals surface area contributed by atoms with Crippen LogP contribution >= 0.6 is 0 Å². The van der Waals surface area contributed by atoms with Crippen molar-refractivity contribution in [2.24, 2.45) is 5.73 Å². The summed E-state index contributed by atoms with van der Waals surface area (Å²) in [6, 6.07) is 9.53. The van der Waals surface area contributed by atoms with Crippen LogP contribution in [0.15, 0.2) is 42.5 Å². The lowest BCUT2D eigenvalue weighted by Crippen LogP contribution is -2.04. The quantitative estimate of drug-likeness (QED) is 0.477. The average molecular weight is 350 g/mol. The fourth-order valence-electron chi connectivity index (χ4n) is 3.02. The topological polar surface area (TPSA) is 41.8 Å². The third kappa shape index (κ3) is 3.69. The summed E-state index contributed by atoms with van der Waals surface area (Å²) in [6.07, 6.45) is -2.21. The second-order valence-corrected chi connectivity index (χ2v) is 5.99. The Bertz CT molecular complexity index is 881. The number of hydrogen-bond acceptors (Lipinski definition) is 1. The molecule has 2 nitrogen and oxygen atoms in total. The molecule has 0 aliphatic rings. The zero-order valence-electron chi connectivity index (χ0n) is 13.5. The van der Waals surface area contributed by atoms with Gasteiger partial charge in [-0.2, -0.15) is 13.2 Å². The number of unbranched alkanes of at least 4 members (excludes halogenated alkanes) is 1. The normalized spacial score (nSPS) is 12.0.